The van der Waals surface area contributed by atoms with Crippen molar-refractivity contribution in [1.29, 1.82) is 0 Å². The van der Waals surface area contributed by atoms with Crippen LogP contribution >= 0.6 is 0 Å². The molecule has 0 aliphatic heterocycles. The van der Waals surface area contributed by atoms with Crippen LogP contribution in [0.4, 0.5) is 0 Å². The van der Waals surface area contributed by atoms with Crippen LogP contribution in [-0.4, -0.2) is 5.11 Å². The number of hydrogen-bond donors (Lipinski definition) is 1. The molecule has 0 saturated carbocycles. The lowest BCUT2D eigenvalue weighted by Gasteiger charge is -2.39. The Hall–Kier alpha value is -2.28. The largest absolute Gasteiger partial charge is 0.512 e. The standard InChI is InChI=1S/C20H16O/c21-18-6-2-5-15-16-10-9-13-4-1-3-12-7-8-14(11-17(15)18)20(16)19(12)13/h1-10,14-15,17,21H,11H2. The zero-order valence-corrected chi connectivity index (χ0v) is 11.7. The number of aliphatic hydroxyl groups excluding tert-OH is 1. The van der Waals surface area contributed by atoms with Crippen molar-refractivity contribution in [3.63, 3.8) is 0 Å². The monoisotopic (exact) mass is 272 g/mol. The van der Waals surface area contributed by atoms with Gasteiger partial charge in [-0.3, -0.25) is 0 Å². The minimum atomic E-state index is 0.236. The van der Waals surface area contributed by atoms with Gasteiger partial charge in [-0.2, -0.15) is 0 Å². The molecule has 0 heterocycles. The summed E-state index contributed by atoms with van der Waals surface area (Å²) in [6, 6.07) is 11.0. The second kappa shape index (κ2) is 3.88. The molecule has 3 aliphatic rings. The Kier molecular flexibility index (Phi) is 2.11. The highest BCUT2D eigenvalue weighted by molar-refractivity contribution is 5.97. The summed E-state index contributed by atoms with van der Waals surface area (Å²) in [5.74, 6) is 1.53. The van der Waals surface area contributed by atoms with Gasteiger partial charge in [0.05, 0.1) is 5.76 Å². The number of rotatable bonds is 0. The van der Waals surface area contributed by atoms with Gasteiger partial charge in [0.25, 0.3) is 0 Å². The van der Waals surface area contributed by atoms with Crippen molar-refractivity contribution in [3.05, 3.63) is 77.1 Å². The van der Waals surface area contributed by atoms with Crippen molar-refractivity contribution in [3.8, 4) is 0 Å². The van der Waals surface area contributed by atoms with Crippen molar-refractivity contribution in [1.82, 2.24) is 0 Å². The molecule has 2 aromatic carbocycles. The third kappa shape index (κ3) is 1.41. The Morgan fingerprint density at radius 1 is 1.05 bits per heavy atom. The predicted molar refractivity (Wildman–Crippen MR) is 86.4 cm³/mol. The van der Waals surface area contributed by atoms with E-state index < -0.39 is 0 Å². The molecule has 102 valence electrons. The molecule has 3 unspecified atom stereocenters. The summed E-state index contributed by atoms with van der Waals surface area (Å²) in [7, 11) is 0. The van der Waals surface area contributed by atoms with Crippen LogP contribution in [-0.2, 0) is 0 Å². The topological polar surface area (TPSA) is 20.2 Å². The first-order valence-corrected chi connectivity index (χ1v) is 7.64. The summed E-state index contributed by atoms with van der Waals surface area (Å²) in [6.07, 6.45) is 11.7. The minimum Gasteiger partial charge on any atom is -0.512 e. The molecule has 0 bridgehead atoms. The number of aliphatic hydroxyl groups is 1. The maximum Gasteiger partial charge on any atom is 0.0962 e. The van der Waals surface area contributed by atoms with Crippen LogP contribution in [0.25, 0.3) is 16.8 Å². The first kappa shape index (κ1) is 11.4. The molecule has 0 spiro atoms. The number of fused-ring (bicyclic) bond motifs is 2. The van der Waals surface area contributed by atoms with Gasteiger partial charge in [0.1, 0.15) is 0 Å². The van der Waals surface area contributed by atoms with Crippen LogP contribution in [0, 0.1) is 5.92 Å². The highest BCUT2D eigenvalue weighted by Gasteiger charge is 2.37. The zero-order chi connectivity index (χ0) is 14.0. The first-order valence-electron chi connectivity index (χ1n) is 7.64. The molecule has 3 aliphatic carbocycles. The lowest BCUT2D eigenvalue weighted by Crippen LogP contribution is -2.26. The normalized spacial score (nSPS) is 28.4. The zero-order valence-electron chi connectivity index (χ0n) is 11.7. The van der Waals surface area contributed by atoms with Crippen LogP contribution in [0.2, 0.25) is 0 Å². The first-order chi connectivity index (χ1) is 10.3. The van der Waals surface area contributed by atoms with E-state index >= 15 is 0 Å². The van der Waals surface area contributed by atoms with E-state index in [9.17, 15) is 5.11 Å². The van der Waals surface area contributed by atoms with Gasteiger partial charge in [-0.15, -0.1) is 0 Å². The van der Waals surface area contributed by atoms with E-state index in [-0.39, 0.29) is 5.92 Å². The fourth-order valence-electron chi connectivity index (χ4n) is 4.37. The molecule has 0 fully saturated rings. The second-order valence-electron chi connectivity index (χ2n) is 6.32. The minimum absolute atomic E-state index is 0.236. The van der Waals surface area contributed by atoms with E-state index in [1.807, 2.05) is 12.2 Å². The van der Waals surface area contributed by atoms with Gasteiger partial charge in [0.15, 0.2) is 0 Å². The number of benzene rings is 2. The average molecular weight is 272 g/mol. The number of allylic oxidation sites excluding steroid dienone is 5. The van der Waals surface area contributed by atoms with Crippen LogP contribution < -0.4 is 0 Å². The van der Waals surface area contributed by atoms with Crippen LogP contribution in [0.15, 0.2) is 60.4 Å². The fraction of sp³-hybridized carbons (Fsp3) is 0.200. The van der Waals surface area contributed by atoms with Crippen molar-refractivity contribution < 1.29 is 5.11 Å². The maximum absolute atomic E-state index is 10.3. The predicted octanol–water partition coefficient (Wildman–Crippen LogP) is 5.07. The summed E-state index contributed by atoms with van der Waals surface area (Å²) < 4.78 is 0. The molecule has 1 N–H and O–H groups in total. The molecule has 0 saturated heterocycles. The average Bonchev–Trinajstić information content (AvgIpc) is 2.53. The van der Waals surface area contributed by atoms with E-state index in [2.05, 4.69) is 48.6 Å². The quantitative estimate of drug-likeness (QED) is 0.710. The lowest BCUT2D eigenvalue weighted by atomic mass is 9.65. The lowest BCUT2D eigenvalue weighted by molar-refractivity contribution is 0.285. The molecule has 1 nitrogen and oxygen atoms in total. The van der Waals surface area contributed by atoms with E-state index in [0.29, 0.717) is 17.6 Å². The maximum atomic E-state index is 10.3. The molecule has 0 aromatic heterocycles. The van der Waals surface area contributed by atoms with Gasteiger partial charge < -0.3 is 5.11 Å². The summed E-state index contributed by atoms with van der Waals surface area (Å²) in [5, 5.41) is 13.0. The molecule has 21 heavy (non-hydrogen) atoms. The Bertz CT molecular complexity index is 854. The van der Waals surface area contributed by atoms with Crippen molar-refractivity contribution in [2.24, 2.45) is 5.92 Å². The fourth-order valence-corrected chi connectivity index (χ4v) is 4.37. The summed E-state index contributed by atoms with van der Waals surface area (Å²) >= 11 is 0. The van der Waals surface area contributed by atoms with E-state index in [0.717, 1.165) is 6.42 Å². The highest BCUT2D eigenvalue weighted by atomic mass is 16.3. The molecule has 2 aromatic rings. The van der Waals surface area contributed by atoms with E-state index in [1.54, 1.807) is 0 Å². The van der Waals surface area contributed by atoms with Gasteiger partial charge in [-0.1, -0.05) is 54.6 Å². The Morgan fingerprint density at radius 3 is 2.95 bits per heavy atom. The van der Waals surface area contributed by atoms with Crippen molar-refractivity contribution in [2.45, 2.75) is 18.3 Å². The molecular weight excluding hydrogens is 256 g/mol. The molecular formula is C20H16O. The van der Waals surface area contributed by atoms with Crippen LogP contribution in [0.5, 0.6) is 0 Å². The van der Waals surface area contributed by atoms with Gasteiger partial charge in [-0.05, 0) is 40.0 Å². The van der Waals surface area contributed by atoms with Crippen LogP contribution in [0.3, 0.4) is 0 Å². The third-order valence-electron chi connectivity index (χ3n) is 5.30. The smallest absolute Gasteiger partial charge is 0.0962 e. The summed E-state index contributed by atoms with van der Waals surface area (Å²) in [5.41, 5.74) is 4.22. The number of hydrogen-bond acceptors (Lipinski definition) is 1. The highest BCUT2D eigenvalue weighted by Crippen LogP contribution is 2.51. The third-order valence-corrected chi connectivity index (χ3v) is 5.30. The van der Waals surface area contributed by atoms with Gasteiger partial charge >= 0.3 is 0 Å². The van der Waals surface area contributed by atoms with Crippen LogP contribution in [0.1, 0.15) is 34.9 Å². The van der Waals surface area contributed by atoms with Gasteiger partial charge in [0, 0.05) is 17.8 Å². The van der Waals surface area contributed by atoms with E-state index in [1.165, 1.54) is 27.5 Å². The van der Waals surface area contributed by atoms with E-state index in [4.69, 9.17) is 0 Å². The Labute approximate surface area is 123 Å². The molecule has 0 radical (unpaired) electrons. The molecule has 3 atom stereocenters. The molecule has 5 rings (SSSR count). The summed E-state index contributed by atoms with van der Waals surface area (Å²) in [4.78, 5) is 0. The summed E-state index contributed by atoms with van der Waals surface area (Å²) in [6.45, 7) is 0. The SMILES string of the molecule is OC1=CC=CC2c3ccc4cccc5c4c3C(C=C5)CC12. The van der Waals surface area contributed by atoms with Gasteiger partial charge in [0.2, 0.25) is 0 Å². The molecule has 0 amide bonds. The Balaban J connectivity index is 1.85. The van der Waals surface area contributed by atoms with Crippen molar-refractivity contribution in [2.75, 3.05) is 0 Å². The van der Waals surface area contributed by atoms with Crippen molar-refractivity contribution >= 4 is 16.8 Å². The Morgan fingerprint density at radius 2 is 2.00 bits per heavy atom. The molecule has 1 heteroatoms. The van der Waals surface area contributed by atoms with Gasteiger partial charge in [-0.25, -0.2) is 0 Å². The second-order valence-corrected chi connectivity index (χ2v) is 6.32.